The number of phenols is 1. The van der Waals surface area contributed by atoms with Crippen LogP contribution in [0.25, 0.3) is 10.6 Å². The van der Waals surface area contributed by atoms with Crippen LogP contribution in [0.2, 0.25) is 0 Å². The molecule has 2 rings (SSSR count). The van der Waals surface area contributed by atoms with Gasteiger partial charge in [0, 0.05) is 10.9 Å². The largest absolute Gasteiger partial charge is 0.508 e. The zero-order valence-electron chi connectivity index (χ0n) is 9.21. The van der Waals surface area contributed by atoms with Gasteiger partial charge in [-0.15, -0.1) is 11.3 Å². The Labute approximate surface area is 103 Å². The topological polar surface area (TPSA) is 59.4 Å². The molecule has 0 bridgehead atoms. The Balaban J connectivity index is 2.18. The van der Waals surface area contributed by atoms with Gasteiger partial charge in [0.15, 0.2) is 0 Å². The van der Waals surface area contributed by atoms with Crippen LogP contribution in [0.15, 0.2) is 29.6 Å². The summed E-state index contributed by atoms with van der Waals surface area (Å²) in [5, 5.41) is 11.8. The van der Waals surface area contributed by atoms with E-state index < -0.39 is 0 Å². The summed E-state index contributed by atoms with van der Waals surface area (Å²) in [5.74, 6) is -0.0763. The number of esters is 1. The van der Waals surface area contributed by atoms with E-state index in [1.165, 1.54) is 18.4 Å². The second-order valence-electron chi connectivity index (χ2n) is 3.44. The molecule has 1 heterocycles. The molecule has 0 unspecified atom stereocenters. The second-order valence-corrected chi connectivity index (χ2v) is 4.30. The molecule has 1 aromatic carbocycles. The van der Waals surface area contributed by atoms with E-state index in [0.717, 1.165) is 10.6 Å². The summed E-state index contributed by atoms with van der Waals surface area (Å²) in [6, 6.07) is 6.79. The average Bonchev–Trinajstić information content (AvgIpc) is 2.78. The Morgan fingerprint density at radius 1 is 1.41 bits per heavy atom. The van der Waals surface area contributed by atoms with Crippen LogP contribution in [0.1, 0.15) is 5.69 Å². The highest BCUT2D eigenvalue weighted by molar-refractivity contribution is 7.13. The van der Waals surface area contributed by atoms with E-state index in [2.05, 4.69) is 9.72 Å². The van der Waals surface area contributed by atoms with Gasteiger partial charge in [-0.3, -0.25) is 4.79 Å². The Kier molecular flexibility index (Phi) is 3.39. The first-order chi connectivity index (χ1) is 8.19. The van der Waals surface area contributed by atoms with Gasteiger partial charge in [-0.2, -0.15) is 0 Å². The zero-order valence-corrected chi connectivity index (χ0v) is 10.0. The van der Waals surface area contributed by atoms with Gasteiger partial charge in [0.2, 0.25) is 0 Å². The highest BCUT2D eigenvalue weighted by atomic mass is 32.1. The first-order valence-corrected chi connectivity index (χ1v) is 5.87. The third-order valence-electron chi connectivity index (χ3n) is 2.22. The highest BCUT2D eigenvalue weighted by Gasteiger charge is 2.08. The summed E-state index contributed by atoms with van der Waals surface area (Å²) in [7, 11) is 1.36. The highest BCUT2D eigenvalue weighted by Crippen LogP contribution is 2.25. The molecule has 5 heteroatoms. The molecule has 0 aliphatic heterocycles. The summed E-state index contributed by atoms with van der Waals surface area (Å²) in [4.78, 5) is 15.4. The molecule has 0 amide bonds. The molecule has 0 atom stereocenters. The van der Waals surface area contributed by atoms with E-state index in [0.29, 0.717) is 5.69 Å². The van der Waals surface area contributed by atoms with E-state index >= 15 is 0 Å². The lowest BCUT2D eigenvalue weighted by Gasteiger charge is -1.96. The fourth-order valence-electron chi connectivity index (χ4n) is 1.34. The van der Waals surface area contributed by atoms with Crippen molar-refractivity contribution in [2.75, 3.05) is 7.11 Å². The summed E-state index contributed by atoms with van der Waals surface area (Å²) in [6.07, 6.45) is 0.186. The summed E-state index contributed by atoms with van der Waals surface area (Å²) in [6.45, 7) is 0. The molecule has 0 saturated heterocycles. The molecule has 0 aliphatic carbocycles. The minimum absolute atomic E-state index is 0.186. The normalized spacial score (nSPS) is 10.2. The summed E-state index contributed by atoms with van der Waals surface area (Å²) < 4.78 is 4.58. The van der Waals surface area contributed by atoms with Crippen molar-refractivity contribution in [3.8, 4) is 16.3 Å². The SMILES string of the molecule is COC(=O)Cc1csc(-c2ccc(O)cc2)n1. The molecule has 88 valence electrons. The van der Waals surface area contributed by atoms with Gasteiger partial charge in [0.1, 0.15) is 10.8 Å². The van der Waals surface area contributed by atoms with Crippen molar-refractivity contribution < 1.29 is 14.6 Å². The van der Waals surface area contributed by atoms with Crippen molar-refractivity contribution in [3.05, 3.63) is 35.3 Å². The van der Waals surface area contributed by atoms with E-state index in [9.17, 15) is 9.90 Å². The maximum atomic E-state index is 11.1. The van der Waals surface area contributed by atoms with Crippen LogP contribution in [-0.4, -0.2) is 23.2 Å². The third kappa shape index (κ3) is 2.82. The number of aromatic nitrogens is 1. The van der Waals surface area contributed by atoms with Crippen LogP contribution < -0.4 is 0 Å². The molecule has 0 spiro atoms. The Hall–Kier alpha value is -1.88. The molecular weight excluding hydrogens is 238 g/mol. The molecule has 0 radical (unpaired) electrons. The number of carbonyl (C=O) groups excluding carboxylic acids is 1. The fraction of sp³-hybridized carbons (Fsp3) is 0.167. The molecule has 0 fully saturated rings. The van der Waals surface area contributed by atoms with E-state index in [-0.39, 0.29) is 18.1 Å². The third-order valence-corrected chi connectivity index (χ3v) is 3.16. The number of rotatable bonds is 3. The Bertz CT molecular complexity index is 519. The predicted molar refractivity (Wildman–Crippen MR) is 64.9 cm³/mol. The van der Waals surface area contributed by atoms with Crippen LogP contribution in [0, 0.1) is 0 Å². The lowest BCUT2D eigenvalue weighted by atomic mass is 10.2. The molecule has 4 nitrogen and oxygen atoms in total. The van der Waals surface area contributed by atoms with Crippen molar-refractivity contribution in [2.45, 2.75) is 6.42 Å². The second kappa shape index (κ2) is 4.97. The number of aromatic hydroxyl groups is 1. The quantitative estimate of drug-likeness (QED) is 0.847. The molecule has 0 aliphatic rings. The number of methoxy groups -OCH3 is 1. The number of carbonyl (C=O) groups is 1. The van der Waals surface area contributed by atoms with Crippen molar-refractivity contribution in [2.24, 2.45) is 0 Å². The summed E-state index contributed by atoms with van der Waals surface area (Å²) >= 11 is 1.46. The van der Waals surface area contributed by atoms with Crippen molar-refractivity contribution in [1.82, 2.24) is 4.98 Å². The van der Waals surface area contributed by atoms with E-state index in [1.54, 1.807) is 24.3 Å². The van der Waals surface area contributed by atoms with Gasteiger partial charge < -0.3 is 9.84 Å². The molecule has 0 saturated carbocycles. The monoisotopic (exact) mass is 249 g/mol. The lowest BCUT2D eigenvalue weighted by molar-refractivity contribution is -0.139. The van der Waals surface area contributed by atoms with Gasteiger partial charge in [-0.25, -0.2) is 4.98 Å². The number of benzene rings is 1. The van der Waals surface area contributed by atoms with Gasteiger partial charge >= 0.3 is 5.97 Å². The lowest BCUT2D eigenvalue weighted by Crippen LogP contribution is -2.04. The molecular formula is C12H11NO3S. The van der Waals surface area contributed by atoms with Gasteiger partial charge in [0.05, 0.1) is 19.2 Å². The minimum Gasteiger partial charge on any atom is -0.508 e. The minimum atomic E-state index is -0.299. The molecule has 1 N–H and O–H groups in total. The van der Waals surface area contributed by atoms with E-state index in [4.69, 9.17) is 0 Å². The maximum absolute atomic E-state index is 11.1. The maximum Gasteiger partial charge on any atom is 0.311 e. The van der Waals surface area contributed by atoms with Crippen molar-refractivity contribution in [1.29, 1.82) is 0 Å². The smallest absolute Gasteiger partial charge is 0.311 e. The number of hydrogen-bond acceptors (Lipinski definition) is 5. The standard InChI is InChI=1S/C12H11NO3S/c1-16-11(15)6-9-7-17-12(13-9)8-2-4-10(14)5-3-8/h2-5,7,14H,6H2,1H3. The molecule has 1 aromatic heterocycles. The molecule has 17 heavy (non-hydrogen) atoms. The first-order valence-electron chi connectivity index (χ1n) is 4.99. The Morgan fingerprint density at radius 2 is 2.12 bits per heavy atom. The van der Waals surface area contributed by atoms with Gasteiger partial charge in [-0.05, 0) is 24.3 Å². The van der Waals surface area contributed by atoms with Crippen LogP contribution in [0.3, 0.4) is 0 Å². The predicted octanol–water partition coefficient (Wildman–Crippen LogP) is 2.23. The van der Waals surface area contributed by atoms with Gasteiger partial charge in [0.25, 0.3) is 0 Å². The van der Waals surface area contributed by atoms with Crippen LogP contribution in [0.5, 0.6) is 5.75 Å². The van der Waals surface area contributed by atoms with Crippen molar-refractivity contribution in [3.63, 3.8) is 0 Å². The van der Waals surface area contributed by atoms with Crippen molar-refractivity contribution >= 4 is 17.3 Å². The zero-order chi connectivity index (χ0) is 12.3. The number of nitrogens with zero attached hydrogens (tertiary/aromatic N) is 1. The Morgan fingerprint density at radius 3 is 2.76 bits per heavy atom. The average molecular weight is 249 g/mol. The number of ether oxygens (including phenoxy) is 1. The first kappa shape index (κ1) is 11.6. The van der Waals surface area contributed by atoms with Crippen LogP contribution in [0.4, 0.5) is 0 Å². The van der Waals surface area contributed by atoms with Crippen LogP contribution in [-0.2, 0) is 16.0 Å². The summed E-state index contributed by atoms with van der Waals surface area (Å²) in [5.41, 5.74) is 1.62. The number of hydrogen-bond donors (Lipinski definition) is 1. The van der Waals surface area contributed by atoms with Crippen LogP contribution >= 0.6 is 11.3 Å². The fourth-order valence-corrected chi connectivity index (χ4v) is 2.17. The van der Waals surface area contributed by atoms with E-state index in [1.807, 2.05) is 5.38 Å². The number of thiazole rings is 1. The van der Waals surface area contributed by atoms with Gasteiger partial charge in [-0.1, -0.05) is 0 Å². The molecule has 2 aromatic rings. The number of phenolic OH excluding ortho intramolecular Hbond substituents is 1.